The Morgan fingerprint density at radius 3 is 2.88 bits per heavy atom. The van der Waals surface area contributed by atoms with Crippen LogP contribution in [-0.4, -0.2) is 65.7 Å². The number of carbonyl (C=O) groups excluding carboxylic acids is 1. The average molecular weight is 481 g/mol. The maximum Gasteiger partial charge on any atom is 0.326 e. The number of hydrogen-bond acceptors (Lipinski definition) is 8. The number of fused-ring (bicyclic) bond motifs is 1. The maximum atomic E-state index is 12.9. The van der Waals surface area contributed by atoms with E-state index in [1.807, 2.05) is 17.0 Å². The topological polar surface area (TPSA) is 158 Å². The molecule has 1 unspecified atom stereocenters. The number of nitrogens with zero attached hydrogens (tertiary/aromatic N) is 5. The molecule has 3 aliphatic rings. The first-order chi connectivity index (χ1) is 16.4. The molecule has 176 valence electrons. The van der Waals surface area contributed by atoms with Crippen LogP contribution in [0.3, 0.4) is 0 Å². The van der Waals surface area contributed by atoms with Crippen LogP contribution >= 0.6 is 11.8 Å². The lowest BCUT2D eigenvalue weighted by Gasteiger charge is -2.17. The molecule has 2 atom stereocenters. The number of rotatable bonds is 4. The molecule has 12 heteroatoms. The van der Waals surface area contributed by atoms with E-state index in [0.717, 1.165) is 29.9 Å². The normalized spacial score (nSPS) is 23.9. The highest BCUT2D eigenvalue weighted by Gasteiger charge is 2.31. The monoisotopic (exact) mass is 480 g/mol. The van der Waals surface area contributed by atoms with Crippen molar-refractivity contribution < 1.29 is 9.90 Å². The summed E-state index contributed by atoms with van der Waals surface area (Å²) in [5.41, 5.74) is 7.83. The fourth-order valence-corrected chi connectivity index (χ4v) is 5.45. The van der Waals surface area contributed by atoms with Gasteiger partial charge in [0.2, 0.25) is 5.88 Å². The number of amides is 1. The Labute approximate surface area is 197 Å². The molecule has 1 saturated carbocycles. The summed E-state index contributed by atoms with van der Waals surface area (Å²) in [4.78, 5) is 41.5. The highest BCUT2D eigenvalue weighted by Crippen LogP contribution is 2.43. The molecule has 3 aromatic rings. The van der Waals surface area contributed by atoms with Gasteiger partial charge in [-0.25, -0.2) is 9.78 Å². The summed E-state index contributed by atoms with van der Waals surface area (Å²) in [5.74, 6) is -0.210. The molecule has 3 aromatic heterocycles. The molecule has 6 rings (SSSR count). The van der Waals surface area contributed by atoms with E-state index >= 15 is 0 Å². The van der Waals surface area contributed by atoms with E-state index in [0.29, 0.717) is 35.9 Å². The largest absolute Gasteiger partial charge is 0.493 e. The zero-order valence-electron chi connectivity index (χ0n) is 18.3. The third-order valence-electron chi connectivity index (χ3n) is 6.24. The van der Waals surface area contributed by atoms with Crippen LogP contribution in [0.4, 0.5) is 0 Å². The lowest BCUT2D eigenvalue weighted by Crippen LogP contribution is -2.32. The predicted molar refractivity (Wildman–Crippen MR) is 126 cm³/mol. The van der Waals surface area contributed by atoms with E-state index in [1.165, 1.54) is 11.8 Å². The highest BCUT2D eigenvalue weighted by molar-refractivity contribution is 8.04. The molecule has 0 spiro atoms. The number of thioether (sulfide) groups is 1. The van der Waals surface area contributed by atoms with Crippen LogP contribution in [0, 0.1) is 0 Å². The first-order valence-electron chi connectivity index (χ1n) is 11.3. The van der Waals surface area contributed by atoms with Crippen LogP contribution in [0.2, 0.25) is 0 Å². The van der Waals surface area contributed by atoms with Crippen molar-refractivity contribution in [3.05, 3.63) is 55.8 Å². The summed E-state index contributed by atoms with van der Waals surface area (Å²) in [6.45, 7) is 1.29. The number of imidazole rings is 1. The molecular formula is C22H24N8O3S. The number of aromatic hydroxyl groups is 1. The van der Waals surface area contributed by atoms with E-state index in [9.17, 15) is 14.7 Å². The van der Waals surface area contributed by atoms with Gasteiger partial charge in [0.05, 0.1) is 28.1 Å². The molecule has 11 nitrogen and oxygen atoms in total. The predicted octanol–water partition coefficient (Wildman–Crippen LogP) is -0.316. The Balaban J connectivity index is 1.37. The fraction of sp³-hybridized carbons (Fsp3) is 0.409. The molecule has 34 heavy (non-hydrogen) atoms. The van der Waals surface area contributed by atoms with E-state index < -0.39 is 5.69 Å². The number of nitrogens with one attached hydrogen (secondary N) is 2. The number of allylic oxidation sites excluding steroid dienone is 1. The van der Waals surface area contributed by atoms with E-state index in [2.05, 4.69) is 15.1 Å². The third kappa shape index (κ3) is 3.92. The second-order valence-electron chi connectivity index (χ2n) is 8.93. The van der Waals surface area contributed by atoms with Gasteiger partial charge in [-0.05, 0) is 31.8 Å². The molecule has 5 N–H and O–H groups in total. The second kappa shape index (κ2) is 8.13. The van der Waals surface area contributed by atoms with Gasteiger partial charge < -0.3 is 20.7 Å². The van der Waals surface area contributed by atoms with Crippen LogP contribution in [0.25, 0.3) is 11.7 Å². The van der Waals surface area contributed by atoms with Crippen LogP contribution < -0.4 is 22.1 Å². The summed E-state index contributed by atoms with van der Waals surface area (Å²) < 4.78 is 1.68. The zero-order chi connectivity index (χ0) is 23.4. The minimum Gasteiger partial charge on any atom is -0.493 e. The number of nitrogens with two attached hydrogens (primary N) is 1. The third-order valence-corrected chi connectivity index (χ3v) is 7.55. The SMILES string of the molecule is N[C@@H]1CCN(C(=O)C2=CCC(c3cc(=NC4CC4)n4ncc(=Cc5[nH]c(=O)[nH]c5O)c4n3)S2)C1. The molecule has 1 amide bonds. The second-order valence-corrected chi connectivity index (χ2v) is 10.2. The summed E-state index contributed by atoms with van der Waals surface area (Å²) in [5, 5.41) is 15.0. The maximum absolute atomic E-state index is 12.9. The number of H-pyrrole nitrogens is 2. The Hall–Kier alpha value is -3.38. The van der Waals surface area contributed by atoms with Crippen LogP contribution in [0.5, 0.6) is 5.88 Å². The van der Waals surface area contributed by atoms with Gasteiger partial charge in [0.1, 0.15) is 5.69 Å². The molecule has 0 aromatic carbocycles. The van der Waals surface area contributed by atoms with Crippen LogP contribution in [-0.2, 0) is 4.79 Å². The van der Waals surface area contributed by atoms with Crippen molar-refractivity contribution >= 4 is 29.4 Å². The van der Waals surface area contributed by atoms with Gasteiger partial charge in [-0.1, -0.05) is 6.08 Å². The van der Waals surface area contributed by atoms with E-state index in [4.69, 9.17) is 15.7 Å². The van der Waals surface area contributed by atoms with Gasteiger partial charge in [0.15, 0.2) is 11.1 Å². The van der Waals surface area contributed by atoms with Gasteiger partial charge in [0, 0.05) is 30.4 Å². The molecule has 2 aliphatic heterocycles. The minimum absolute atomic E-state index is 0.0170. The lowest BCUT2D eigenvalue weighted by molar-refractivity contribution is -0.125. The van der Waals surface area contributed by atoms with E-state index in [-0.39, 0.29) is 34.8 Å². The van der Waals surface area contributed by atoms with Crippen molar-refractivity contribution in [2.24, 2.45) is 10.7 Å². The molecule has 0 bridgehead atoms. The van der Waals surface area contributed by atoms with Gasteiger partial charge >= 0.3 is 5.69 Å². The van der Waals surface area contributed by atoms with Crippen molar-refractivity contribution in [1.82, 2.24) is 29.5 Å². The first-order valence-corrected chi connectivity index (χ1v) is 12.2. The van der Waals surface area contributed by atoms with Crippen molar-refractivity contribution in [1.29, 1.82) is 0 Å². The number of likely N-dealkylation sites (tertiary alicyclic amines) is 1. The minimum atomic E-state index is -0.497. The summed E-state index contributed by atoms with van der Waals surface area (Å²) in [6, 6.07) is 2.28. The Morgan fingerprint density at radius 1 is 1.32 bits per heavy atom. The Bertz CT molecular complexity index is 1500. The Morgan fingerprint density at radius 2 is 2.18 bits per heavy atom. The van der Waals surface area contributed by atoms with Crippen molar-refractivity contribution in [2.45, 2.75) is 43.0 Å². The van der Waals surface area contributed by atoms with Gasteiger partial charge in [-0.3, -0.25) is 14.8 Å². The Kier molecular flexibility index (Phi) is 5.06. The highest BCUT2D eigenvalue weighted by atomic mass is 32.2. The van der Waals surface area contributed by atoms with Gasteiger partial charge in [-0.2, -0.15) is 9.61 Å². The lowest BCUT2D eigenvalue weighted by atomic mass is 10.2. The average Bonchev–Trinajstić information content (AvgIpc) is 3.18. The number of aromatic amines is 2. The zero-order valence-corrected chi connectivity index (χ0v) is 19.1. The number of carbonyl (C=O) groups is 1. The molecule has 2 fully saturated rings. The van der Waals surface area contributed by atoms with Crippen molar-refractivity contribution in [3.63, 3.8) is 0 Å². The number of aromatic nitrogens is 5. The molecule has 1 saturated heterocycles. The van der Waals surface area contributed by atoms with Crippen molar-refractivity contribution in [3.8, 4) is 5.88 Å². The molecule has 5 heterocycles. The fourth-order valence-electron chi connectivity index (χ4n) is 4.29. The van der Waals surface area contributed by atoms with Gasteiger partial charge in [-0.15, -0.1) is 11.8 Å². The quantitative estimate of drug-likeness (QED) is 0.399. The smallest absolute Gasteiger partial charge is 0.326 e. The van der Waals surface area contributed by atoms with Gasteiger partial charge in [0.25, 0.3) is 5.91 Å². The van der Waals surface area contributed by atoms with Crippen molar-refractivity contribution in [2.75, 3.05) is 13.1 Å². The molecular weight excluding hydrogens is 456 g/mol. The molecule has 1 aliphatic carbocycles. The molecule has 0 radical (unpaired) electrons. The summed E-state index contributed by atoms with van der Waals surface area (Å²) in [6.07, 6.45) is 8.86. The standard InChI is InChI=1S/C22H24N8O3S/c23-12-5-6-29(10-12)21(32)17-4-3-16(34-17)14-8-18(25-13-1-2-13)30-19(26-14)11(9-24-30)7-15-20(31)28-22(33)27-15/h4,7-9,12-13,16,31H,1-3,5-6,10,23H2,(H2,27,28,33)/t12-,16?/m1/s1. The van der Waals surface area contributed by atoms with Crippen LogP contribution in [0.15, 0.2) is 33.0 Å². The van der Waals surface area contributed by atoms with Crippen LogP contribution in [0.1, 0.15) is 42.3 Å². The summed E-state index contributed by atoms with van der Waals surface area (Å²) >= 11 is 1.52. The number of hydrogen-bond donors (Lipinski definition) is 4. The summed E-state index contributed by atoms with van der Waals surface area (Å²) in [7, 11) is 0. The van der Waals surface area contributed by atoms with E-state index in [1.54, 1.807) is 16.8 Å². The first kappa shape index (κ1) is 21.2.